The normalized spacial score (nSPS) is 15.5. The van der Waals surface area contributed by atoms with E-state index in [0.717, 1.165) is 23.3 Å². The summed E-state index contributed by atoms with van der Waals surface area (Å²) < 4.78 is 39.6. The molecule has 1 aromatic carbocycles. The molecule has 3 heterocycles. The minimum atomic E-state index is -3.84. The Morgan fingerprint density at radius 2 is 1.84 bits per heavy atom. The molecule has 0 aliphatic carbocycles. The molecule has 2 aromatic heterocycles. The van der Waals surface area contributed by atoms with Gasteiger partial charge >= 0.3 is 0 Å². The van der Waals surface area contributed by atoms with Crippen molar-refractivity contribution in [1.82, 2.24) is 14.4 Å². The molecule has 4 rings (SSSR count). The van der Waals surface area contributed by atoms with Crippen LogP contribution >= 0.6 is 0 Å². The summed E-state index contributed by atoms with van der Waals surface area (Å²) in [5, 5.41) is 3.94. The quantitative estimate of drug-likeness (QED) is 0.336. The first-order valence-corrected chi connectivity index (χ1v) is 14.6. The van der Waals surface area contributed by atoms with Gasteiger partial charge in [-0.3, -0.25) is 4.79 Å². The van der Waals surface area contributed by atoms with Gasteiger partial charge in [-0.2, -0.15) is 4.31 Å². The van der Waals surface area contributed by atoms with Crippen LogP contribution in [0.1, 0.15) is 61.5 Å². The summed E-state index contributed by atoms with van der Waals surface area (Å²) >= 11 is 0. The van der Waals surface area contributed by atoms with E-state index < -0.39 is 10.0 Å². The lowest BCUT2D eigenvalue weighted by molar-refractivity contribution is -0.137. The Balaban J connectivity index is 1.44. The predicted octanol–water partition coefficient (Wildman–Crippen LogP) is 5.53. The smallest absolute Gasteiger partial charge is 0.248 e. The summed E-state index contributed by atoms with van der Waals surface area (Å²) in [6, 6.07) is 11.6. The maximum atomic E-state index is 13.6. The Bertz CT molecular complexity index is 1330. The van der Waals surface area contributed by atoms with Crippen molar-refractivity contribution < 1.29 is 22.2 Å². The monoisotopic (exact) mass is 539 g/mol. The minimum Gasteiger partial charge on any atom is -0.467 e. The molecule has 0 radical (unpaired) electrons. The number of sulfonamides is 1. The average Bonchev–Trinajstić information content (AvgIpc) is 3.55. The van der Waals surface area contributed by atoms with Crippen LogP contribution in [0, 0.1) is 25.7 Å². The zero-order chi connectivity index (χ0) is 27.3. The number of benzene rings is 1. The number of aryl methyl sites for hydroxylation is 2. The summed E-state index contributed by atoms with van der Waals surface area (Å²) in [4.78, 5) is 15.4. The second-order valence-electron chi connectivity index (χ2n) is 10.4. The van der Waals surface area contributed by atoms with E-state index in [1.54, 1.807) is 19.3 Å². The molecule has 3 aromatic rings. The topological polar surface area (TPSA) is 96.9 Å². The number of rotatable bonds is 10. The Morgan fingerprint density at radius 3 is 2.47 bits per heavy atom. The molecular weight excluding hydrogens is 502 g/mol. The van der Waals surface area contributed by atoms with Gasteiger partial charge in [0, 0.05) is 25.6 Å². The highest BCUT2D eigenvalue weighted by molar-refractivity contribution is 7.89. The number of hydrogen-bond donors (Lipinski definition) is 0. The van der Waals surface area contributed by atoms with Crippen molar-refractivity contribution >= 4 is 28.1 Å². The summed E-state index contributed by atoms with van der Waals surface area (Å²) in [5.74, 6) is 1.25. The number of piperidine rings is 1. The largest absolute Gasteiger partial charge is 0.467 e. The molecule has 1 aliphatic heterocycles. The van der Waals surface area contributed by atoms with Gasteiger partial charge in [-0.25, -0.2) is 8.42 Å². The predicted molar refractivity (Wildman–Crippen MR) is 146 cm³/mol. The summed E-state index contributed by atoms with van der Waals surface area (Å²) in [6.45, 7) is 9.52. The fourth-order valence-electron chi connectivity index (χ4n) is 4.65. The third-order valence-electron chi connectivity index (χ3n) is 6.95. The van der Waals surface area contributed by atoms with Crippen LogP contribution in [0.2, 0.25) is 0 Å². The van der Waals surface area contributed by atoms with Crippen LogP contribution in [0.15, 0.2) is 56.5 Å². The molecule has 0 saturated carbocycles. The Kier molecular flexibility index (Phi) is 8.89. The standard InChI is InChI=1S/C29H37N3O5S/c1-21(2)13-16-31(20-26-6-5-19-36-26)29(33)25-14-17-32(18-15-25)38(34,35)28-23(4)30-37-27(28)12-11-24-9-7-22(3)8-10-24/h5-12,19,21,25H,13-18,20H2,1-4H3/b12-11+. The van der Waals surface area contributed by atoms with E-state index in [1.807, 2.05) is 54.3 Å². The third kappa shape index (κ3) is 6.63. The molecular formula is C29H37N3O5S. The van der Waals surface area contributed by atoms with Crippen LogP contribution in [0.3, 0.4) is 0 Å². The van der Waals surface area contributed by atoms with E-state index in [0.29, 0.717) is 37.5 Å². The molecule has 0 unspecified atom stereocenters. The fourth-order valence-corrected chi connectivity index (χ4v) is 6.37. The molecule has 38 heavy (non-hydrogen) atoms. The molecule has 0 bridgehead atoms. The van der Waals surface area contributed by atoms with Crippen molar-refractivity contribution in [3.63, 3.8) is 0 Å². The number of aromatic nitrogens is 1. The number of nitrogens with zero attached hydrogens (tertiary/aromatic N) is 3. The maximum absolute atomic E-state index is 13.6. The lowest BCUT2D eigenvalue weighted by Crippen LogP contribution is -2.44. The Morgan fingerprint density at radius 1 is 1.13 bits per heavy atom. The van der Waals surface area contributed by atoms with Gasteiger partial charge in [0.2, 0.25) is 15.9 Å². The van der Waals surface area contributed by atoms with Crippen LogP contribution in [0.25, 0.3) is 12.2 Å². The first kappa shape index (κ1) is 27.9. The van der Waals surface area contributed by atoms with Crippen molar-refractivity contribution in [1.29, 1.82) is 0 Å². The number of furan rings is 1. The van der Waals surface area contributed by atoms with Crippen LogP contribution < -0.4 is 0 Å². The van der Waals surface area contributed by atoms with Gasteiger partial charge < -0.3 is 13.8 Å². The first-order valence-electron chi connectivity index (χ1n) is 13.2. The number of amides is 1. The molecule has 204 valence electrons. The lowest BCUT2D eigenvalue weighted by Gasteiger charge is -2.33. The van der Waals surface area contributed by atoms with Crippen molar-refractivity contribution in [2.75, 3.05) is 19.6 Å². The highest BCUT2D eigenvalue weighted by Crippen LogP contribution is 2.30. The molecule has 9 heteroatoms. The second-order valence-corrected chi connectivity index (χ2v) is 12.3. The van der Waals surface area contributed by atoms with Crippen molar-refractivity contribution in [2.24, 2.45) is 11.8 Å². The van der Waals surface area contributed by atoms with E-state index in [9.17, 15) is 13.2 Å². The fraction of sp³-hybridized carbons (Fsp3) is 0.448. The van der Waals surface area contributed by atoms with Gasteiger partial charge in [0.05, 0.1) is 12.8 Å². The molecule has 0 N–H and O–H groups in total. The third-order valence-corrected chi connectivity index (χ3v) is 9.01. The van der Waals surface area contributed by atoms with Crippen LogP contribution in [0.5, 0.6) is 0 Å². The molecule has 0 atom stereocenters. The zero-order valence-electron chi connectivity index (χ0n) is 22.6. The van der Waals surface area contributed by atoms with E-state index in [2.05, 4.69) is 19.0 Å². The van der Waals surface area contributed by atoms with Gasteiger partial charge in [-0.05, 0) is 62.8 Å². The van der Waals surface area contributed by atoms with Gasteiger partial charge in [0.25, 0.3) is 0 Å². The van der Waals surface area contributed by atoms with E-state index >= 15 is 0 Å². The van der Waals surface area contributed by atoms with E-state index in [4.69, 9.17) is 8.94 Å². The summed E-state index contributed by atoms with van der Waals surface area (Å²) in [6.07, 6.45) is 6.90. The number of carbonyl (C=O) groups excluding carboxylic acids is 1. The molecule has 0 spiro atoms. The highest BCUT2D eigenvalue weighted by Gasteiger charge is 2.37. The van der Waals surface area contributed by atoms with Gasteiger partial charge in [0.15, 0.2) is 10.7 Å². The summed E-state index contributed by atoms with van der Waals surface area (Å²) in [5.41, 5.74) is 2.40. The van der Waals surface area contributed by atoms with Crippen molar-refractivity contribution in [3.05, 3.63) is 71.0 Å². The molecule has 1 fully saturated rings. The summed E-state index contributed by atoms with van der Waals surface area (Å²) in [7, 11) is -3.84. The zero-order valence-corrected chi connectivity index (χ0v) is 23.4. The van der Waals surface area contributed by atoms with Crippen LogP contribution in [-0.4, -0.2) is 48.3 Å². The van der Waals surface area contributed by atoms with Crippen molar-refractivity contribution in [3.8, 4) is 0 Å². The molecule has 1 saturated heterocycles. The highest BCUT2D eigenvalue weighted by atomic mass is 32.2. The van der Waals surface area contributed by atoms with E-state index in [1.165, 1.54) is 4.31 Å². The SMILES string of the molecule is Cc1ccc(/C=C/c2onc(C)c2S(=O)(=O)N2CCC(C(=O)N(CCC(C)C)Cc3ccco3)CC2)cc1. The molecule has 8 nitrogen and oxygen atoms in total. The molecule has 1 amide bonds. The van der Waals surface area contributed by atoms with Crippen molar-refractivity contribution in [2.45, 2.75) is 58.4 Å². The number of carbonyl (C=O) groups is 1. The van der Waals surface area contributed by atoms with Gasteiger partial charge in [-0.15, -0.1) is 0 Å². The maximum Gasteiger partial charge on any atom is 0.248 e. The number of hydrogen-bond acceptors (Lipinski definition) is 6. The lowest BCUT2D eigenvalue weighted by atomic mass is 9.96. The Hall–Kier alpha value is -3.17. The average molecular weight is 540 g/mol. The minimum absolute atomic E-state index is 0.0574. The molecule has 1 aliphatic rings. The van der Waals surface area contributed by atoms with Gasteiger partial charge in [0.1, 0.15) is 11.5 Å². The van der Waals surface area contributed by atoms with Crippen LogP contribution in [0.4, 0.5) is 0 Å². The van der Waals surface area contributed by atoms with E-state index in [-0.39, 0.29) is 35.6 Å². The first-order chi connectivity index (χ1) is 18.1. The van der Waals surface area contributed by atoms with Crippen LogP contribution in [-0.2, 0) is 21.4 Å². The Labute approximate surface area is 225 Å². The van der Waals surface area contributed by atoms with Gasteiger partial charge in [-0.1, -0.05) is 54.9 Å². The second kappa shape index (κ2) is 12.1.